The summed E-state index contributed by atoms with van der Waals surface area (Å²) in [4.78, 5) is 2.00. The van der Waals surface area contributed by atoms with Crippen LogP contribution in [0.15, 0.2) is 0 Å². The molecule has 0 rings (SSSR count). The van der Waals surface area contributed by atoms with E-state index in [0.717, 1.165) is 0 Å². The highest BCUT2D eigenvalue weighted by Crippen LogP contribution is 2.01. The van der Waals surface area contributed by atoms with Gasteiger partial charge in [0.1, 0.15) is 11.1 Å². The summed E-state index contributed by atoms with van der Waals surface area (Å²) in [5.74, 6) is 0. The van der Waals surface area contributed by atoms with Crippen LogP contribution in [0.5, 0.6) is 0 Å². The Bertz CT molecular complexity index is 79.5. The lowest BCUT2D eigenvalue weighted by Crippen LogP contribution is -2.04. The molecule has 3 nitrogen and oxygen atoms in total. The zero-order valence-electron chi connectivity index (χ0n) is 7.07. The molecule has 0 aromatic heterocycles. The van der Waals surface area contributed by atoms with Crippen molar-refractivity contribution < 1.29 is 0 Å². The quantitative estimate of drug-likeness (QED) is 0.361. The summed E-state index contributed by atoms with van der Waals surface area (Å²) in [6.45, 7) is 6.92. The van der Waals surface area contributed by atoms with Crippen molar-refractivity contribution in [1.82, 2.24) is 4.91 Å². The maximum absolute atomic E-state index is 5.50. The number of hydrogen-bond acceptors (Lipinski definition) is 2. The molecule has 0 heterocycles. The Morgan fingerprint density at radius 1 is 1.00 bits per heavy atom. The summed E-state index contributed by atoms with van der Waals surface area (Å²) >= 11 is 0. The van der Waals surface area contributed by atoms with Crippen LogP contribution in [0, 0.1) is 11.1 Å². The predicted octanol–water partition coefficient (Wildman–Crippen LogP) is 2.66. The van der Waals surface area contributed by atoms with Crippen molar-refractivity contribution in [3.63, 3.8) is 0 Å². The second kappa shape index (κ2) is 11.3. The van der Waals surface area contributed by atoms with Crippen molar-refractivity contribution in [1.29, 1.82) is 11.1 Å². The molecule has 59 valence electrons. The van der Waals surface area contributed by atoms with Crippen LogP contribution in [0.2, 0.25) is 18.1 Å². The minimum atomic E-state index is 0.137. The van der Waals surface area contributed by atoms with E-state index in [1.54, 1.807) is 0 Å². The summed E-state index contributed by atoms with van der Waals surface area (Å²) in [7, 11) is 0.137. The highest BCUT2D eigenvalue weighted by molar-refractivity contribution is 6.58. The molecule has 10 heavy (non-hydrogen) atoms. The van der Waals surface area contributed by atoms with Gasteiger partial charge in [0.25, 0.3) is 0 Å². The Balaban J connectivity index is 0. The molecule has 4 heteroatoms. The van der Waals surface area contributed by atoms with Crippen molar-refractivity contribution in [2.45, 2.75) is 38.9 Å². The van der Waals surface area contributed by atoms with E-state index in [1.807, 2.05) is 4.91 Å². The molecule has 0 aromatic carbocycles. The maximum atomic E-state index is 5.50. The summed E-state index contributed by atoms with van der Waals surface area (Å²) in [5.41, 5.74) is 11.0. The molecule has 0 fully saturated rings. The Hall–Kier alpha value is -0.473. The Morgan fingerprint density at radius 3 is 1.20 bits per heavy atom. The number of nitrogens with one attached hydrogen (secondary N) is 2. The number of rotatable bonds is 3. The molecule has 0 spiro atoms. The topological polar surface area (TPSA) is 61.8 Å². The first-order chi connectivity index (χ1) is 4.76. The van der Waals surface area contributed by atoms with Gasteiger partial charge in [-0.05, 0) is 0 Å². The lowest BCUT2D eigenvalue weighted by molar-refractivity contribution is 0.928. The molecule has 0 amide bonds. The van der Waals surface area contributed by atoms with E-state index in [-0.39, 0.29) is 8.80 Å². The smallest absolute Gasteiger partial charge is 0.0680 e. The molecule has 0 unspecified atom stereocenters. The van der Waals surface area contributed by atoms with Crippen molar-refractivity contribution in [2.24, 2.45) is 0 Å². The standard InChI is InChI=1S/C6H15Si.H2N3/c1-4-7(5-2)6-3;1-3-2/h4-6H2,1-3H3;1-2H/q;+1. The van der Waals surface area contributed by atoms with Crippen molar-refractivity contribution in [2.75, 3.05) is 0 Å². The number of nitrogens with zero attached hydrogens (tertiary/aromatic N) is 1. The molecule has 0 aliphatic rings. The highest BCUT2D eigenvalue weighted by Gasteiger charge is 1.98. The van der Waals surface area contributed by atoms with E-state index in [4.69, 9.17) is 11.1 Å². The van der Waals surface area contributed by atoms with Gasteiger partial charge in [-0.25, -0.2) is 0 Å². The van der Waals surface area contributed by atoms with Gasteiger partial charge in [0.15, 0.2) is 0 Å². The Kier molecular flexibility index (Phi) is 13.9. The van der Waals surface area contributed by atoms with Gasteiger partial charge in [-0.3, -0.25) is 0 Å². The summed E-state index contributed by atoms with van der Waals surface area (Å²) in [5, 5.41) is 0. The first-order valence-electron chi connectivity index (χ1n) is 3.63. The van der Waals surface area contributed by atoms with Gasteiger partial charge >= 0.3 is 0 Å². The van der Waals surface area contributed by atoms with Crippen LogP contribution >= 0.6 is 0 Å². The maximum Gasteiger partial charge on any atom is 0.211 e. The number of hydrogen-bond donors (Lipinski definition) is 2. The van der Waals surface area contributed by atoms with Crippen LogP contribution < -0.4 is 4.91 Å². The van der Waals surface area contributed by atoms with Gasteiger partial charge in [0.2, 0.25) is 4.91 Å². The van der Waals surface area contributed by atoms with Gasteiger partial charge < -0.3 is 0 Å². The minimum absolute atomic E-state index is 0.137. The fourth-order valence-corrected chi connectivity index (χ4v) is 2.25. The molecular formula is C6H17N3Si+. The SMILES string of the molecule is CC[Si](CC)CC.N=[N+]=N. The van der Waals surface area contributed by atoms with Crippen LogP contribution in [0.1, 0.15) is 20.8 Å². The second-order valence-electron chi connectivity index (χ2n) is 1.92. The first kappa shape index (κ1) is 12.2. The Morgan fingerprint density at radius 2 is 1.20 bits per heavy atom. The van der Waals surface area contributed by atoms with Gasteiger partial charge in [-0.1, -0.05) is 38.9 Å². The van der Waals surface area contributed by atoms with E-state index in [9.17, 15) is 0 Å². The first-order valence-corrected chi connectivity index (χ1v) is 5.75. The average Bonchev–Trinajstić information content (AvgIpc) is 1.93. The average molecular weight is 159 g/mol. The predicted molar refractivity (Wildman–Crippen MR) is 44.8 cm³/mol. The monoisotopic (exact) mass is 159 g/mol. The third-order valence-electron chi connectivity index (χ3n) is 1.50. The van der Waals surface area contributed by atoms with E-state index < -0.39 is 0 Å². The van der Waals surface area contributed by atoms with Gasteiger partial charge in [0, 0.05) is 8.80 Å². The Labute approximate surface area is 64.5 Å². The van der Waals surface area contributed by atoms with Crippen molar-refractivity contribution in [3.05, 3.63) is 0 Å². The van der Waals surface area contributed by atoms with E-state index in [0.29, 0.717) is 0 Å². The van der Waals surface area contributed by atoms with Crippen molar-refractivity contribution >= 4 is 8.80 Å². The van der Waals surface area contributed by atoms with E-state index >= 15 is 0 Å². The van der Waals surface area contributed by atoms with Gasteiger partial charge in [0.05, 0.1) is 0 Å². The zero-order chi connectivity index (χ0) is 8.41. The second-order valence-corrected chi connectivity index (χ2v) is 5.54. The summed E-state index contributed by atoms with van der Waals surface area (Å²) in [6.07, 6.45) is 0. The van der Waals surface area contributed by atoms with Gasteiger partial charge in [-0.2, -0.15) is 0 Å². The van der Waals surface area contributed by atoms with Crippen molar-refractivity contribution in [3.8, 4) is 0 Å². The van der Waals surface area contributed by atoms with E-state index in [1.165, 1.54) is 18.1 Å². The third-order valence-corrected chi connectivity index (χ3v) is 4.50. The molecular weight excluding hydrogens is 142 g/mol. The fraction of sp³-hybridized carbons (Fsp3) is 1.00. The van der Waals surface area contributed by atoms with Crippen LogP contribution in [0.3, 0.4) is 0 Å². The van der Waals surface area contributed by atoms with Crippen LogP contribution in [0.25, 0.3) is 0 Å². The minimum Gasteiger partial charge on any atom is -0.0680 e. The van der Waals surface area contributed by atoms with Gasteiger partial charge in [-0.15, -0.1) is 0 Å². The zero-order valence-corrected chi connectivity index (χ0v) is 8.07. The van der Waals surface area contributed by atoms with Crippen LogP contribution in [0.4, 0.5) is 0 Å². The van der Waals surface area contributed by atoms with Crippen LogP contribution in [-0.4, -0.2) is 8.80 Å². The largest absolute Gasteiger partial charge is 0.211 e. The molecule has 2 N–H and O–H groups in total. The molecule has 0 bridgehead atoms. The molecule has 0 aliphatic heterocycles. The normalized spacial score (nSPS) is 8.00. The third kappa shape index (κ3) is 10.5. The molecule has 0 aromatic rings. The highest BCUT2D eigenvalue weighted by atomic mass is 28.3. The van der Waals surface area contributed by atoms with Crippen LogP contribution in [-0.2, 0) is 0 Å². The molecule has 0 aliphatic carbocycles. The molecule has 0 saturated heterocycles. The molecule has 0 saturated carbocycles. The lowest BCUT2D eigenvalue weighted by atomic mass is 10.9. The summed E-state index contributed by atoms with van der Waals surface area (Å²) in [6, 6.07) is 4.37. The molecule has 1 radical (unpaired) electrons. The lowest BCUT2D eigenvalue weighted by Gasteiger charge is -2.02. The van der Waals surface area contributed by atoms with E-state index in [2.05, 4.69) is 20.8 Å². The summed E-state index contributed by atoms with van der Waals surface area (Å²) < 4.78 is 0. The fourth-order valence-electron chi connectivity index (χ4n) is 0.750. The molecule has 0 atom stereocenters.